The molecule has 8 heteroatoms. The van der Waals surface area contributed by atoms with Gasteiger partial charge in [0.25, 0.3) is 5.56 Å². The van der Waals surface area contributed by atoms with Gasteiger partial charge in [0.15, 0.2) is 5.58 Å². The maximum atomic E-state index is 12.8. The molecular formula is C21H22N6O2. The Morgan fingerprint density at radius 3 is 2.59 bits per heavy atom. The van der Waals surface area contributed by atoms with Gasteiger partial charge in [0, 0.05) is 44.1 Å². The van der Waals surface area contributed by atoms with E-state index >= 15 is 0 Å². The van der Waals surface area contributed by atoms with Gasteiger partial charge >= 0.3 is 0 Å². The van der Waals surface area contributed by atoms with E-state index in [-0.39, 0.29) is 5.56 Å². The Bertz CT molecular complexity index is 1280. The summed E-state index contributed by atoms with van der Waals surface area (Å²) in [6.45, 7) is 7.70. The van der Waals surface area contributed by atoms with Crippen LogP contribution in [0.15, 0.2) is 39.7 Å². The van der Waals surface area contributed by atoms with Crippen molar-refractivity contribution in [3.63, 3.8) is 0 Å². The van der Waals surface area contributed by atoms with Crippen LogP contribution in [0, 0.1) is 13.8 Å². The number of rotatable bonds is 2. The largest absolute Gasteiger partial charge is 0.433 e. The van der Waals surface area contributed by atoms with Gasteiger partial charge in [-0.2, -0.15) is 0 Å². The van der Waals surface area contributed by atoms with Crippen molar-refractivity contribution >= 4 is 22.4 Å². The molecule has 0 bridgehead atoms. The highest BCUT2D eigenvalue weighted by molar-refractivity contribution is 5.78. The van der Waals surface area contributed by atoms with Crippen LogP contribution in [0.5, 0.6) is 0 Å². The molecule has 4 aromatic heterocycles. The van der Waals surface area contributed by atoms with Crippen LogP contribution >= 0.6 is 0 Å². The minimum atomic E-state index is -0.158. The highest BCUT2D eigenvalue weighted by atomic mass is 16.3. The van der Waals surface area contributed by atoms with Gasteiger partial charge in [-0.25, -0.2) is 9.97 Å². The molecule has 1 saturated heterocycles. The molecule has 1 fully saturated rings. The molecule has 29 heavy (non-hydrogen) atoms. The van der Waals surface area contributed by atoms with E-state index in [9.17, 15) is 4.79 Å². The third kappa shape index (κ3) is 3.15. The van der Waals surface area contributed by atoms with E-state index in [1.54, 1.807) is 4.40 Å². The van der Waals surface area contributed by atoms with E-state index in [1.807, 2.05) is 38.2 Å². The van der Waals surface area contributed by atoms with Crippen LogP contribution in [0.25, 0.3) is 28.3 Å². The van der Waals surface area contributed by atoms with E-state index in [0.29, 0.717) is 22.8 Å². The molecule has 0 aliphatic carbocycles. The van der Waals surface area contributed by atoms with Gasteiger partial charge in [0.05, 0.1) is 11.4 Å². The molecule has 8 nitrogen and oxygen atoms in total. The van der Waals surface area contributed by atoms with E-state index < -0.39 is 0 Å². The second-order valence-corrected chi connectivity index (χ2v) is 7.60. The highest BCUT2D eigenvalue weighted by Gasteiger charge is 2.17. The van der Waals surface area contributed by atoms with Crippen LogP contribution < -0.4 is 10.5 Å². The van der Waals surface area contributed by atoms with Crippen molar-refractivity contribution in [3.8, 4) is 11.6 Å². The summed E-state index contributed by atoms with van der Waals surface area (Å²) in [5, 5.41) is 0. The van der Waals surface area contributed by atoms with Gasteiger partial charge in [-0.3, -0.25) is 14.2 Å². The maximum Gasteiger partial charge on any atom is 0.258 e. The summed E-state index contributed by atoms with van der Waals surface area (Å²) in [5.74, 6) is 0.332. The van der Waals surface area contributed by atoms with Gasteiger partial charge in [-0.05, 0) is 39.1 Å². The number of oxazole rings is 1. The molecule has 0 unspecified atom stereocenters. The standard InChI is InChI=1S/C21H22N6O2/c1-13-10-16-20(14(2)22-13)29-21(24-16)17-11-19(28)27-12-15(4-5-18(27)23-17)26-8-6-25(3)7-9-26/h4-5,10-12H,6-9H2,1-3H3. The topological polar surface area (TPSA) is 79.8 Å². The molecule has 5 heterocycles. The number of nitrogens with zero attached hydrogens (tertiary/aromatic N) is 6. The Morgan fingerprint density at radius 2 is 1.79 bits per heavy atom. The molecule has 0 radical (unpaired) electrons. The lowest BCUT2D eigenvalue weighted by molar-refractivity contribution is 0.313. The van der Waals surface area contributed by atoms with Gasteiger partial charge in [-0.1, -0.05) is 0 Å². The first-order valence-corrected chi connectivity index (χ1v) is 9.70. The lowest BCUT2D eigenvalue weighted by Gasteiger charge is -2.34. The number of aromatic nitrogens is 4. The quantitative estimate of drug-likeness (QED) is 0.519. The van der Waals surface area contributed by atoms with Crippen LogP contribution in [0.1, 0.15) is 11.4 Å². The molecule has 4 aromatic rings. The molecule has 0 N–H and O–H groups in total. The molecule has 148 valence electrons. The van der Waals surface area contributed by atoms with Crippen LogP contribution in [0.4, 0.5) is 5.69 Å². The van der Waals surface area contributed by atoms with Crippen molar-refractivity contribution in [1.29, 1.82) is 0 Å². The monoisotopic (exact) mass is 390 g/mol. The van der Waals surface area contributed by atoms with Crippen molar-refractivity contribution in [3.05, 3.63) is 52.2 Å². The summed E-state index contributed by atoms with van der Waals surface area (Å²) in [6, 6.07) is 7.23. The smallest absolute Gasteiger partial charge is 0.258 e. The van der Waals surface area contributed by atoms with Crippen LogP contribution in [-0.4, -0.2) is 57.5 Å². The minimum Gasteiger partial charge on any atom is -0.433 e. The second kappa shape index (κ2) is 6.66. The number of pyridine rings is 2. The average Bonchev–Trinajstić information content (AvgIpc) is 3.13. The van der Waals surface area contributed by atoms with E-state index in [1.165, 1.54) is 6.07 Å². The van der Waals surface area contributed by atoms with Gasteiger partial charge in [0.1, 0.15) is 16.9 Å². The van der Waals surface area contributed by atoms with Crippen molar-refractivity contribution in [2.24, 2.45) is 0 Å². The van der Waals surface area contributed by atoms with Crippen LogP contribution in [0.2, 0.25) is 0 Å². The first kappa shape index (κ1) is 17.8. The Morgan fingerprint density at radius 1 is 1.00 bits per heavy atom. The predicted molar refractivity (Wildman–Crippen MR) is 111 cm³/mol. The molecule has 1 aliphatic heterocycles. The summed E-state index contributed by atoms with van der Waals surface area (Å²) in [4.78, 5) is 30.9. The van der Waals surface area contributed by atoms with Crippen molar-refractivity contribution in [2.45, 2.75) is 13.8 Å². The Kier molecular flexibility index (Phi) is 4.09. The number of hydrogen-bond acceptors (Lipinski definition) is 7. The Balaban J connectivity index is 1.56. The fourth-order valence-electron chi connectivity index (χ4n) is 3.80. The zero-order chi connectivity index (χ0) is 20.1. The average molecular weight is 390 g/mol. The Labute approximate surface area is 167 Å². The third-order valence-electron chi connectivity index (χ3n) is 5.40. The fourth-order valence-corrected chi connectivity index (χ4v) is 3.80. The van der Waals surface area contributed by atoms with Gasteiger partial charge < -0.3 is 14.2 Å². The fraction of sp³-hybridized carbons (Fsp3) is 0.333. The highest BCUT2D eigenvalue weighted by Crippen LogP contribution is 2.25. The molecule has 0 atom stereocenters. The first-order chi connectivity index (χ1) is 14.0. The van der Waals surface area contributed by atoms with E-state index in [0.717, 1.165) is 48.8 Å². The molecule has 1 aliphatic rings. The lowest BCUT2D eigenvalue weighted by atomic mass is 10.3. The normalized spacial score (nSPS) is 15.5. The number of piperazine rings is 1. The second-order valence-electron chi connectivity index (χ2n) is 7.60. The minimum absolute atomic E-state index is 0.158. The number of hydrogen-bond donors (Lipinski definition) is 0. The number of fused-ring (bicyclic) bond motifs is 2. The number of anilines is 1. The van der Waals surface area contributed by atoms with Crippen LogP contribution in [-0.2, 0) is 0 Å². The first-order valence-electron chi connectivity index (χ1n) is 9.70. The third-order valence-corrected chi connectivity index (χ3v) is 5.40. The van der Waals surface area contributed by atoms with E-state index in [2.05, 4.69) is 31.8 Å². The summed E-state index contributed by atoms with van der Waals surface area (Å²) in [6.07, 6.45) is 1.86. The maximum absolute atomic E-state index is 12.8. The molecule has 0 spiro atoms. The summed E-state index contributed by atoms with van der Waals surface area (Å²) in [5.41, 5.74) is 4.85. The molecule has 0 aromatic carbocycles. The van der Waals surface area contributed by atoms with E-state index in [4.69, 9.17) is 4.42 Å². The summed E-state index contributed by atoms with van der Waals surface area (Å²) < 4.78 is 7.46. The van der Waals surface area contributed by atoms with Gasteiger partial charge in [-0.15, -0.1) is 0 Å². The van der Waals surface area contributed by atoms with Gasteiger partial charge in [0.2, 0.25) is 5.89 Å². The summed E-state index contributed by atoms with van der Waals surface area (Å²) in [7, 11) is 2.12. The molecular weight excluding hydrogens is 368 g/mol. The zero-order valence-corrected chi connectivity index (χ0v) is 16.7. The summed E-state index contributed by atoms with van der Waals surface area (Å²) >= 11 is 0. The molecule has 0 amide bonds. The van der Waals surface area contributed by atoms with Crippen molar-refractivity contribution in [2.75, 3.05) is 38.1 Å². The molecule has 5 rings (SSSR count). The van der Waals surface area contributed by atoms with Crippen LogP contribution in [0.3, 0.4) is 0 Å². The number of aryl methyl sites for hydroxylation is 2. The Hall–Kier alpha value is -3.26. The van der Waals surface area contributed by atoms with Crippen molar-refractivity contribution < 1.29 is 4.42 Å². The lowest BCUT2D eigenvalue weighted by Crippen LogP contribution is -2.44. The zero-order valence-electron chi connectivity index (χ0n) is 16.7. The van der Waals surface area contributed by atoms with Crippen molar-refractivity contribution in [1.82, 2.24) is 24.3 Å². The predicted octanol–water partition coefficient (Wildman–Crippen LogP) is 2.27. The molecule has 0 saturated carbocycles. The number of likely N-dealkylation sites (N-methyl/N-ethyl adjacent to an activating group) is 1. The SMILES string of the molecule is Cc1cc2nc(-c3cc(=O)n4cc(N5CCN(C)CC5)ccc4n3)oc2c(C)n1.